The van der Waals surface area contributed by atoms with Crippen molar-refractivity contribution < 1.29 is 17.9 Å². The summed E-state index contributed by atoms with van der Waals surface area (Å²) < 4.78 is 44.4. The van der Waals surface area contributed by atoms with E-state index in [1.54, 1.807) is 0 Å². The SMILES string of the molecule is CCc1cc2ccc(OCc3ccc(C(F)(F)F)cc3)cc2c(N2CCN(C)CC2)c1CC. The number of anilines is 1. The minimum Gasteiger partial charge on any atom is -0.489 e. The summed E-state index contributed by atoms with van der Waals surface area (Å²) >= 11 is 0. The van der Waals surface area contributed by atoms with Crippen molar-refractivity contribution in [2.75, 3.05) is 38.1 Å². The molecule has 33 heavy (non-hydrogen) atoms. The van der Waals surface area contributed by atoms with Crippen molar-refractivity contribution in [1.29, 1.82) is 0 Å². The van der Waals surface area contributed by atoms with Crippen LogP contribution in [0.2, 0.25) is 0 Å². The molecule has 3 aromatic rings. The molecule has 0 amide bonds. The van der Waals surface area contributed by atoms with Crippen LogP contribution in [0.3, 0.4) is 0 Å². The fourth-order valence-corrected chi connectivity index (χ4v) is 4.60. The maximum atomic E-state index is 12.8. The third kappa shape index (κ3) is 5.11. The van der Waals surface area contributed by atoms with Gasteiger partial charge in [-0.1, -0.05) is 38.1 Å². The largest absolute Gasteiger partial charge is 0.489 e. The van der Waals surface area contributed by atoms with E-state index in [4.69, 9.17) is 4.74 Å². The summed E-state index contributed by atoms with van der Waals surface area (Å²) in [6.07, 6.45) is -2.37. The summed E-state index contributed by atoms with van der Waals surface area (Å²) in [5.74, 6) is 0.726. The number of fused-ring (bicyclic) bond motifs is 1. The summed E-state index contributed by atoms with van der Waals surface area (Å²) in [6.45, 7) is 8.68. The molecule has 1 fully saturated rings. The average molecular weight is 457 g/mol. The van der Waals surface area contributed by atoms with Gasteiger partial charge in [0.15, 0.2) is 0 Å². The molecule has 0 radical (unpaired) electrons. The summed E-state index contributed by atoms with van der Waals surface area (Å²) in [6, 6.07) is 13.6. The van der Waals surface area contributed by atoms with Crippen LogP contribution in [0, 0.1) is 0 Å². The van der Waals surface area contributed by atoms with E-state index in [2.05, 4.69) is 48.9 Å². The summed E-state index contributed by atoms with van der Waals surface area (Å²) in [5, 5.41) is 2.37. The molecule has 3 nitrogen and oxygen atoms in total. The lowest BCUT2D eigenvalue weighted by Crippen LogP contribution is -2.45. The predicted molar refractivity (Wildman–Crippen MR) is 128 cm³/mol. The van der Waals surface area contributed by atoms with Crippen LogP contribution in [0.1, 0.15) is 36.1 Å². The number of halogens is 3. The van der Waals surface area contributed by atoms with Crippen LogP contribution in [0.5, 0.6) is 5.75 Å². The number of likely N-dealkylation sites (N-methyl/N-ethyl adjacent to an activating group) is 1. The molecule has 0 N–H and O–H groups in total. The van der Waals surface area contributed by atoms with Gasteiger partial charge in [-0.3, -0.25) is 0 Å². The van der Waals surface area contributed by atoms with Crippen molar-refractivity contribution in [3.63, 3.8) is 0 Å². The molecule has 4 rings (SSSR count). The Hall–Kier alpha value is -2.73. The van der Waals surface area contributed by atoms with Crippen molar-refractivity contribution in [2.45, 2.75) is 39.5 Å². The molecule has 0 saturated carbocycles. The van der Waals surface area contributed by atoms with E-state index in [1.165, 1.54) is 39.7 Å². The Morgan fingerprint density at radius 3 is 2.18 bits per heavy atom. The van der Waals surface area contributed by atoms with Crippen LogP contribution in [0.4, 0.5) is 18.9 Å². The molecule has 0 unspecified atom stereocenters. The lowest BCUT2D eigenvalue weighted by Gasteiger charge is -2.36. The number of nitrogens with zero attached hydrogens (tertiary/aromatic N) is 2. The molecule has 0 spiro atoms. The maximum Gasteiger partial charge on any atom is 0.416 e. The van der Waals surface area contributed by atoms with Gasteiger partial charge in [0, 0.05) is 37.3 Å². The van der Waals surface area contributed by atoms with Crippen molar-refractivity contribution in [3.8, 4) is 5.75 Å². The first-order valence-electron chi connectivity index (χ1n) is 11.6. The second-order valence-electron chi connectivity index (χ2n) is 8.73. The third-order valence-corrected chi connectivity index (χ3v) is 6.52. The molecule has 0 aliphatic carbocycles. The monoisotopic (exact) mass is 456 g/mol. The van der Waals surface area contributed by atoms with Gasteiger partial charge in [-0.2, -0.15) is 13.2 Å². The summed E-state index contributed by atoms with van der Waals surface area (Å²) in [7, 11) is 2.16. The molecule has 6 heteroatoms. The zero-order valence-corrected chi connectivity index (χ0v) is 19.5. The Morgan fingerprint density at radius 2 is 1.58 bits per heavy atom. The molecule has 1 saturated heterocycles. The molecular formula is C27H31F3N2O. The normalized spacial score (nSPS) is 15.3. The van der Waals surface area contributed by atoms with E-state index in [0.29, 0.717) is 5.56 Å². The number of ether oxygens (including phenoxy) is 1. The lowest BCUT2D eigenvalue weighted by molar-refractivity contribution is -0.137. The second-order valence-corrected chi connectivity index (χ2v) is 8.73. The Bertz CT molecular complexity index is 1100. The highest BCUT2D eigenvalue weighted by molar-refractivity contribution is 5.98. The number of alkyl halides is 3. The maximum absolute atomic E-state index is 12.8. The van der Waals surface area contributed by atoms with Crippen LogP contribution in [-0.2, 0) is 25.6 Å². The fourth-order valence-electron chi connectivity index (χ4n) is 4.60. The summed E-state index contributed by atoms with van der Waals surface area (Å²) in [5.41, 5.74) is 4.15. The van der Waals surface area contributed by atoms with Crippen LogP contribution in [-0.4, -0.2) is 38.1 Å². The standard InChI is InChI=1S/C27H31F3N2O/c1-4-20-16-21-8-11-23(33-18-19-6-9-22(10-7-19)27(28,29)30)17-25(21)26(24(20)5-2)32-14-12-31(3)13-15-32/h6-11,16-17H,4-5,12-15,18H2,1-3H3. The van der Waals surface area contributed by atoms with Crippen molar-refractivity contribution in [3.05, 3.63) is 70.8 Å². The predicted octanol–water partition coefficient (Wildman–Crippen LogP) is 6.31. The minimum atomic E-state index is -4.33. The topological polar surface area (TPSA) is 15.7 Å². The van der Waals surface area contributed by atoms with Crippen molar-refractivity contribution >= 4 is 16.5 Å². The highest BCUT2D eigenvalue weighted by atomic mass is 19.4. The Morgan fingerprint density at radius 1 is 0.879 bits per heavy atom. The van der Waals surface area contributed by atoms with Gasteiger partial charge >= 0.3 is 6.18 Å². The molecule has 1 aliphatic rings. The minimum absolute atomic E-state index is 0.223. The van der Waals surface area contributed by atoms with E-state index in [0.717, 1.165) is 56.9 Å². The van der Waals surface area contributed by atoms with E-state index < -0.39 is 11.7 Å². The molecule has 1 heterocycles. The van der Waals surface area contributed by atoms with Crippen molar-refractivity contribution in [1.82, 2.24) is 4.90 Å². The molecule has 0 aromatic heterocycles. The zero-order chi connectivity index (χ0) is 23.6. The number of rotatable bonds is 6. The van der Waals surface area contributed by atoms with E-state index in [1.807, 2.05) is 6.07 Å². The number of piperazine rings is 1. The van der Waals surface area contributed by atoms with Crippen molar-refractivity contribution in [2.24, 2.45) is 0 Å². The molecule has 3 aromatic carbocycles. The van der Waals surface area contributed by atoms with Gasteiger partial charge in [-0.05, 0) is 66.2 Å². The summed E-state index contributed by atoms with van der Waals surface area (Å²) in [4.78, 5) is 4.85. The van der Waals surface area contributed by atoms with E-state index in [9.17, 15) is 13.2 Å². The second kappa shape index (κ2) is 9.64. The fraction of sp³-hybridized carbons (Fsp3) is 0.407. The van der Waals surface area contributed by atoms with Crippen LogP contribution in [0.25, 0.3) is 10.8 Å². The first-order chi connectivity index (χ1) is 15.8. The van der Waals surface area contributed by atoms with Gasteiger partial charge in [-0.15, -0.1) is 0 Å². The molecule has 0 bridgehead atoms. The number of hydrogen-bond acceptors (Lipinski definition) is 3. The number of benzene rings is 3. The van der Waals surface area contributed by atoms with E-state index in [-0.39, 0.29) is 6.61 Å². The highest BCUT2D eigenvalue weighted by Gasteiger charge is 2.30. The molecule has 176 valence electrons. The first-order valence-corrected chi connectivity index (χ1v) is 11.6. The average Bonchev–Trinajstić information content (AvgIpc) is 2.81. The van der Waals surface area contributed by atoms with E-state index >= 15 is 0 Å². The first kappa shape index (κ1) is 23.4. The smallest absolute Gasteiger partial charge is 0.416 e. The van der Waals surface area contributed by atoms with Gasteiger partial charge < -0.3 is 14.5 Å². The Kier molecular flexibility index (Phi) is 6.84. The Labute approximate surface area is 193 Å². The van der Waals surface area contributed by atoms with Gasteiger partial charge in [0.1, 0.15) is 12.4 Å². The van der Waals surface area contributed by atoms with Crippen LogP contribution >= 0.6 is 0 Å². The zero-order valence-electron chi connectivity index (χ0n) is 19.5. The van der Waals surface area contributed by atoms with Crippen LogP contribution < -0.4 is 9.64 Å². The molecule has 1 aliphatic heterocycles. The van der Waals surface area contributed by atoms with Gasteiger partial charge in [0.25, 0.3) is 0 Å². The van der Waals surface area contributed by atoms with Gasteiger partial charge in [-0.25, -0.2) is 0 Å². The number of aryl methyl sites for hydroxylation is 1. The highest BCUT2D eigenvalue weighted by Crippen LogP contribution is 2.37. The number of hydrogen-bond donors (Lipinski definition) is 0. The quantitative estimate of drug-likeness (QED) is 0.432. The third-order valence-electron chi connectivity index (χ3n) is 6.52. The lowest BCUT2D eigenvalue weighted by atomic mass is 9.93. The van der Waals surface area contributed by atoms with Gasteiger partial charge in [0.2, 0.25) is 0 Å². The molecule has 0 atom stereocenters. The van der Waals surface area contributed by atoms with Gasteiger partial charge in [0.05, 0.1) is 5.56 Å². The van der Waals surface area contributed by atoms with Crippen LogP contribution in [0.15, 0.2) is 48.5 Å². The molecular weight excluding hydrogens is 425 g/mol. The Balaban J connectivity index is 1.65.